The molecule has 0 spiro atoms. The fourth-order valence-electron chi connectivity index (χ4n) is 1.99. The Hall–Kier alpha value is -0.660. The Kier molecular flexibility index (Phi) is 6.04. The van der Waals surface area contributed by atoms with Gasteiger partial charge in [-0.25, -0.2) is 0 Å². The molecule has 1 N–H and O–H groups in total. The maximum absolute atomic E-state index is 12.0. The summed E-state index contributed by atoms with van der Waals surface area (Å²) in [4.78, 5) is 11.0. The zero-order valence-electron chi connectivity index (χ0n) is 11.0. The molecule has 1 fully saturated rings. The van der Waals surface area contributed by atoms with Crippen molar-refractivity contribution in [2.24, 2.45) is 0 Å². The molecule has 0 aliphatic heterocycles. The van der Waals surface area contributed by atoms with Gasteiger partial charge < -0.3 is 4.74 Å². The lowest BCUT2D eigenvalue weighted by molar-refractivity contribution is -0.140. The highest BCUT2D eigenvalue weighted by Crippen LogP contribution is 2.18. The van der Waals surface area contributed by atoms with Gasteiger partial charge >= 0.3 is 5.97 Å². The van der Waals surface area contributed by atoms with Crippen LogP contribution < -0.4 is 4.72 Å². The summed E-state index contributed by atoms with van der Waals surface area (Å²) in [6.07, 6.45) is 5.17. The van der Waals surface area contributed by atoms with Crippen molar-refractivity contribution >= 4 is 16.2 Å². The van der Waals surface area contributed by atoms with E-state index >= 15 is 0 Å². The molecular formula is C11H22N2O4S. The minimum Gasteiger partial charge on any atom is -0.469 e. The normalized spacial score (nSPS) is 17.9. The predicted octanol–water partition coefficient (Wildman–Crippen LogP) is 0.648. The number of nitrogens with zero attached hydrogens (tertiary/aromatic N) is 1. The topological polar surface area (TPSA) is 75.7 Å². The van der Waals surface area contributed by atoms with E-state index in [4.69, 9.17) is 0 Å². The maximum atomic E-state index is 12.0. The Morgan fingerprint density at radius 2 is 1.94 bits per heavy atom. The highest BCUT2D eigenvalue weighted by atomic mass is 32.2. The van der Waals surface area contributed by atoms with E-state index < -0.39 is 16.2 Å². The first-order valence-electron chi connectivity index (χ1n) is 6.26. The number of rotatable bonds is 6. The van der Waals surface area contributed by atoms with Crippen LogP contribution in [0.15, 0.2) is 0 Å². The summed E-state index contributed by atoms with van der Waals surface area (Å²) in [5.74, 6) is -0.408. The molecule has 0 amide bonds. The molecule has 0 aromatic heterocycles. The fourth-order valence-corrected chi connectivity index (χ4v) is 3.16. The number of nitrogens with one attached hydrogen (secondary N) is 1. The highest BCUT2D eigenvalue weighted by Gasteiger charge is 2.24. The fraction of sp³-hybridized carbons (Fsp3) is 0.909. The molecule has 0 radical (unpaired) electrons. The largest absolute Gasteiger partial charge is 0.469 e. The van der Waals surface area contributed by atoms with Crippen LogP contribution in [-0.2, 0) is 19.7 Å². The van der Waals surface area contributed by atoms with E-state index in [-0.39, 0.29) is 19.0 Å². The van der Waals surface area contributed by atoms with Crippen LogP contribution in [0.5, 0.6) is 0 Å². The van der Waals surface area contributed by atoms with Gasteiger partial charge in [-0.05, 0) is 12.8 Å². The third-order valence-corrected chi connectivity index (χ3v) is 4.82. The Morgan fingerprint density at radius 1 is 1.33 bits per heavy atom. The minimum atomic E-state index is -3.49. The first-order valence-corrected chi connectivity index (χ1v) is 7.70. The van der Waals surface area contributed by atoms with Crippen LogP contribution in [0.4, 0.5) is 0 Å². The molecule has 0 saturated heterocycles. The standard InChI is InChI=1S/C11H22N2O4S/c1-13(9-8-11(14)17-2)18(15,16)12-10-6-4-3-5-7-10/h10,12H,3-9H2,1-2H3. The summed E-state index contributed by atoms with van der Waals surface area (Å²) >= 11 is 0. The second-order valence-electron chi connectivity index (χ2n) is 4.61. The first kappa shape index (κ1) is 15.4. The molecule has 1 rings (SSSR count). The number of ether oxygens (including phenoxy) is 1. The SMILES string of the molecule is COC(=O)CCN(C)S(=O)(=O)NC1CCCCC1. The van der Waals surface area contributed by atoms with Crippen molar-refractivity contribution in [3.8, 4) is 0 Å². The molecule has 1 aliphatic carbocycles. The van der Waals surface area contributed by atoms with Gasteiger partial charge in [0.15, 0.2) is 0 Å². The van der Waals surface area contributed by atoms with Gasteiger partial charge in [-0.15, -0.1) is 0 Å². The predicted molar refractivity (Wildman–Crippen MR) is 68.2 cm³/mol. The van der Waals surface area contributed by atoms with Crippen LogP contribution in [0.1, 0.15) is 38.5 Å². The molecule has 1 aliphatic rings. The summed E-state index contributed by atoms with van der Waals surface area (Å²) in [6.45, 7) is 0.134. The molecule has 1 saturated carbocycles. The summed E-state index contributed by atoms with van der Waals surface area (Å²) in [5.41, 5.74) is 0. The Morgan fingerprint density at radius 3 is 2.50 bits per heavy atom. The van der Waals surface area contributed by atoms with Gasteiger partial charge in [-0.1, -0.05) is 19.3 Å². The molecular weight excluding hydrogens is 256 g/mol. The van der Waals surface area contributed by atoms with Crippen LogP contribution >= 0.6 is 0 Å². The maximum Gasteiger partial charge on any atom is 0.306 e. The summed E-state index contributed by atoms with van der Waals surface area (Å²) in [7, 11) is -0.733. The van der Waals surface area contributed by atoms with E-state index in [1.165, 1.54) is 24.9 Å². The number of methoxy groups -OCH3 is 1. The van der Waals surface area contributed by atoms with E-state index in [1.54, 1.807) is 0 Å². The van der Waals surface area contributed by atoms with Crippen molar-refractivity contribution in [1.29, 1.82) is 0 Å². The molecule has 6 nitrogen and oxygen atoms in total. The van der Waals surface area contributed by atoms with E-state index in [0.29, 0.717) is 0 Å². The van der Waals surface area contributed by atoms with Gasteiger partial charge in [0.25, 0.3) is 10.2 Å². The average molecular weight is 278 g/mol. The van der Waals surface area contributed by atoms with Crippen LogP contribution in [0.3, 0.4) is 0 Å². The summed E-state index contributed by atoms with van der Waals surface area (Å²) < 4.78 is 32.3. The van der Waals surface area contributed by atoms with E-state index in [2.05, 4.69) is 9.46 Å². The third-order valence-electron chi connectivity index (χ3n) is 3.19. The molecule has 0 aromatic carbocycles. The van der Waals surface area contributed by atoms with Crippen molar-refractivity contribution in [3.63, 3.8) is 0 Å². The molecule has 18 heavy (non-hydrogen) atoms. The second-order valence-corrected chi connectivity index (χ2v) is 6.41. The molecule has 7 heteroatoms. The van der Waals surface area contributed by atoms with Gasteiger partial charge in [0.05, 0.1) is 13.5 Å². The molecule has 0 unspecified atom stereocenters. The quantitative estimate of drug-likeness (QED) is 0.724. The van der Waals surface area contributed by atoms with E-state index in [9.17, 15) is 13.2 Å². The molecule has 0 atom stereocenters. The van der Waals surface area contributed by atoms with Gasteiger partial charge in [0.1, 0.15) is 0 Å². The second kappa shape index (κ2) is 7.06. The van der Waals surface area contributed by atoms with Crippen LogP contribution in [0, 0.1) is 0 Å². The lowest BCUT2D eigenvalue weighted by atomic mass is 9.96. The average Bonchev–Trinajstić information content (AvgIpc) is 2.36. The number of esters is 1. The van der Waals surface area contributed by atoms with Crippen LogP contribution in [0.2, 0.25) is 0 Å². The Balaban J connectivity index is 2.43. The monoisotopic (exact) mass is 278 g/mol. The van der Waals surface area contributed by atoms with Crippen molar-refractivity contribution in [2.75, 3.05) is 20.7 Å². The zero-order valence-corrected chi connectivity index (χ0v) is 11.8. The van der Waals surface area contributed by atoms with Crippen LogP contribution in [0.25, 0.3) is 0 Å². The highest BCUT2D eigenvalue weighted by molar-refractivity contribution is 7.87. The Labute approximate surface area is 109 Å². The van der Waals surface area contributed by atoms with E-state index in [0.717, 1.165) is 25.7 Å². The van der Waals surface area contributed by atoms with Gasteiger partial charge in [-0.3, -0.25) is 4.79 Å². The van der Waals surface area contributed by atoms with Crippen molar-refractivity contribution in [1.82, 2.24) is 9.03 Å². The Bertz CT molecular complexity index is 363. The lowest BCUT2D eigenvalue weighted by Gasteiger charge is -2.25. The van der Waals surface area contributed by atoms with Gasteiger partial charge in [0, 0.05) is 19.6 Å². The summed E-state index contributed by atoms with van der Waals surface area (Å²) in [5, 5.41) is 0. The number of carbonyl (C=O) groups is 1. The number of carbonyl (C=O) groups excluding carboxylic acids is 1. The van der Waals surface area contributed by atoms with Gasteiger partial charge in [0.2, 0.25) is 0 Å². The molecule has 0 bridgehead atoms. The smallest absolute Gasteiger partial charge is 0.306 e. The molecule has 0 aromatic rings. The summed E-state index contributed by atoms with van der Waals surface area (Å²) in [6, 6.07) is 0.0318. The van der Waals surface area contributed by atoms with E-state index in [1.807, 2.05) is 0 Å². The number of hydrogen-bond acceptors (Lipinski definition) is 4. The third kappa shape index (κ3) is 4.91. The number of hydrogen-bond donors (Lipinski definition) is 1. The van der Waals surface area contributed by atoms with Crippen molar-refractivity contribution in [2.45, 2.75) is 44.6 Å². The van der Waals surface area contributed by atoms with Crippen molar-refractivity contribution in [3.05, 3.63) is 0 Å². The molecule has 106 valence electrons. The van der Waals surface area contributed by atoms with Crippen molar-refractivity contribution < 1.29 is 17.9 Å². The first-order chi connectivity index (χ1) is 8.45. The minimum absolute atomic E-state index is 0.0318. The zero-order chi connectivity index (χ0) is 13.6. The van der Waals surface area contributed by atoms with Gasteiger partial charge in [-0.2, -0.15) is 17.4 Å². The molecule has 0 heterocycles. The van der Waals surface area contributed by atoms with Crippen LogP contribution in [-0.4, -0.2) is 45.4 Å². The lowest BCUT2D eigenvalue weighted by Crippen LogP contribution is -2.44.